The lowest BCUT2D eigenvalue weighted by atomic mass is 9.99. The molecule has 7 heteroatoms. The van der Waals surface area contributed by atoms with Crippen LogP contribution in [-0.4, -0.2) is 38.9 Å². The Morgan fingerprint density at radius 3 is 2.74 bits per heavy atom. The lowest BCUT2D eigenvalue weighted by Gasteiger charge is -2.37. The molecule has 0 spiro atoms. The number of methoxy groups -OCH3 is 1. The van der Waals surface area contributed by atoms with Gasteiger partial charge in [0.1, 0.15) is 23.3 Å². The number of rotatable bonds is 9. The standard InChI is InChI=1S/C31H31FN2O4/c1-21(26-13-5-9-22-8-3-4-12-27(22)26)33-17-16-25-19-34(31-28(32)14-7-15-29(31)38-25)23-10-6-11-24(18-23)37-20-30(35)36-2/h3-15,18,21,25,33H,16-17,19-20H2,1-2H3. The third kappa shape index (κ3) is 5.58. The van der Waals surface area contributed by atoms with E-state index in [0.717, 1.165) is 18.7 Å². The second-order valence-electron chi connectivity index (χ2n) is 9.33. The summed E-state index contributed by atoms with van der Waals surface area (Å²) in [7, 11) is 1.31. The van der Waals surface area contributed by atoms with E-state index in [9.17, 15) is 9.18 Å². The van der Waals surface area contributed by atoms with Crippen LogP contribution in [0.2, 0.25) is 0 Å². The molecule has 0 radical (unpaired) electrons. The molecule has 1 N–H and O–H groups in total. The summed E-state index contributed by atoms with van der Waals surface area (Å²) in [5.41, 5.74) is 2.40. The number of hydrogen-bond acceptors (Lipinski definition) is 6. The second-order valence-corrected chi connectivity index (χ2v) is 9.33. The molecule has 0 fully saturated rings. The van der Waals surface area contributed by atoms with Crippen LogP contribution in [0.5, 0.6) is 11.5 Å². The SMILES string of the molecule is COC(=O)COc1cccc(N2CC(CCNC(C)c3cccc4ccccc34)Oc3cccc(F)c32)c1. The Bertz CT molecular complexity index is 1420. The number of carbonyl (C=O) groups excluding carboxylic acids is 1. The summed E-state index contributed by atoms with van der Waals surface area (Å²) in [5.74, 6) is 0.177. The molecule has 0 bridgehead atoms. The van der Waals surface area contributed by atoms with Gasteiger partial charge in [-0.3, -0.25) is 0 Å². The van der Waals surface area contributed by atoms with E-state index in [4.69, 9.17) is 9.47 Å². The van der Waals surface area contributed by atoms with E-state index < -0.39 is 5.97 Å². The number of benzene rings is 4. The molecule has 1 aliphatic rings. The fourth-order valence-electron chi connectivity index (χ4n) is 4.89. The zero-order valence-corrected chi connectivity index (χ0v) is 21.5. The van der Waals surface area contributed by atoms with Crippen molar-refractivity contribution in [2.24, 2.45) is 0 Å². The van der Waals surface area contributed by atoms with Crippen molar-refractivity contribution in [1.82, 2.24) is 5.32 Å². The molecular formula is C31H31FN2O4. The number of nitrogens with zero attached hydrogens (tertiary/aromatic N) is 1. The summed E-state index contributed by atoms with van der Waals surface area (Å²) < 4.78 is 31.4. The van der Waals surface area contributed by atoms with Gasteiger partial charge in [-0.2, -0.15) is 0 Å². The Balaban J connectivity index is 1.30. The zero-order chi connectivity index (χ0) is 26.5. The maximum Gasteiger partial charge on any atom is 0.343 e. The van der Waals surface area contributed by atoms with Gasteiger partial charge in [-0.25, -0.2) is 9.18 Å². The lowest BCUT2D eigenvalue weighted by molar-refractivity contribution is -0.142. The fourth-order valence-corrected chi connectivity index (χ4v) is 4.89. The van der Waals surface area contributed by atoms with E-state index in [1.165, 1.54) is 29.5 Å². The lowest BCUT2D eigenvalue weighted by Crippen LogP contribution is -2.39. The monoisotopic (exact) mass is 514 g/mol. The van der Waals surface area contributed by atoms with Gasteiger partial charge < -0.3 is 24.4 Å². The van der Waals surface area contributed by atoms with Crippen molar-refractivity contribution in [2.45, 2.75) is 25.5 Å². The van der Waals surface area contributed by atoms with E-state index in [-0.39, 0.29) is 24.6 Å². The van der Waals surface area contributed by atoms with E-state index in [2.05, 4.69) is 59.4 Å². The number of hydrogen-bond donors (Lipinski definition) is 1. The number of nitrogens with one attached hydrogen (secondary N) is 1. The zero-order valence-electron chi connectivity index (χ0n) is 21.5. The first-order chi connectivity index (χ1) is 18.5. The van der Waals surface area contributed by atoms with Crippen molar-refractivity contribution in [3.63, 3.8) is 0 Å². The van der Waals surface area contributed by atoms with Gasteiger partial charge in [-0.05, 0) is 60.5 Å². The molecule has 0 saturated carbocycles. The maximum absolute atomic E-state index is 15.0. The van der Waals surface area contributed by atoms with Crippen LogP contribution in [0.15, 0.2) is 84.9 Å². The van der Waals surface area contributed by atoms with Gasteiger partial charge >= 0.3 is 5.97 Å². The Kier molecular flexibility index (Phi) is 7.75. The van der Waals surface area contributed by atoms with Crippen LogP contribution in [0.1, 0.15) is 24.9 Å². The van der Waals surface area contributed by atoms with E-state index >= 15 is 0 Å². The van der Waals surface area contributed by atoms with Gasteiger partial charge in [0, 0.05) is 17.8 Å². The normalized spacial score (nSPS) is 15.4. The van der Waals surface area contributed by atoms with E-state index in [0.29, 0.717) is 23.7 Å². The summed E-state index contributed by atoms with van der Waals surface area (Å²) in [5, 5.41) is 6.10. The third-order valence-electron chi connectivity index (χ3n) is 6.82. The van der Waals surface area contributed by atoms with Gasteiger partial charge in [-0.1, -0.05) is 54.6 Å². The highest BCUT2D eigenvalue weighted by Crippen LogP contribution is 2.41. The first-order valence-corrected chi connectivity index (χ1v) is 12.8. The average molecular weight is 515 g/mol. The summed E-state index contributed by atoms with van der Waals surface area (Å²) in [6.07, 6.45) is 0.580. The molecule has 1 heterocycles. The summed E-state index contributed by atoms with van der Waals surface area (Å²) in [6, 6.07) is 27.1. The van der Waals surface area contributed by atoms with Gasteiger partial charge in [-0.15, -0.1) is 0 Å². The molecule has 4 aromatic rings. The molecule has 6 nitrogen and oxygen atoms in total. The Morgan fingerprint density at radius 2 is 1.87 bits per heavy atom. The molecule has 0 aromatic heterocycles. The summed E-state index contributed by atoms with van der Waals surface area (Å²) in [6.45, 7) is 3.17. The van der Waals surface area contributed by atoms with E-state index in [1.54, 1.807) is 24.3 Å². The molecule has 38 heavy (non-hydrogen) atoms. The molecular weight excluding hydrogens is 483 g/mol. The van der Waals surface area contributed by atoms with Crippen molar-refractivity contribution < 1.29 is 23.4 Å². The minimum Gasteiger partial charge on any atom is -0.486 e. The van der Waals surface area contributed by atoms with Gasteiger partial charge in [0.2, 0.25) is 0 Å². The number of ether oxygens (including phenoxy) is 3. The highest BCUT2D eigenvalue weighted by atomic mass is 19.1. The van der Waals surface area contributed by atoms with Crippen LogP contribution in [0.3, 0.4) is 0 Å². The van der Waals surface area contributed by atoms with Crippen LogP contribution in [0, 0.1) is 5.82 Å². The minimum absolute atomic E-state index is 0.156. The topological polar surface area (TPSA) is 60.0 Å². The molecule has 0 saturated heterocycles. The minimum atomic E-state index is -0.469. The van der Waals surface area contributed by atoms with Crippen LogP contribution < -0.4 is 19.7 Å². The van der Waals surface area contributed by atoms with Crippen molar-refractivity contribution in [2.75, 3.05) is 31.7 Å². The molecule has 0 aliphatic carbocycles. The molecule has 2 atom stereocenters. The van der Waals surface area contributed by atoms with Crippen molar-refractivity contribution in [1.29, 1.82) is 0 Å². The Hall–Kier alpha value is -4.10. The molecule has 196 valence electrons. The first kappa shape index (κ1) is 25.5. The van der Waals surface area contributed by atoms with Gasteiger partial charge in [0.25, 0.3) is 0 Å². The number of fused-ring (bicyclic) bond motifs is 2. The van der Waals surface area contributed by atoms with Crippen LogP contribution in [-0.2, 0) is 9.53 Å². The number of para-hydroxylation sites is 1. The predicted molar refractivity (Wildman–Crippen MR) is 147 cm³/mol. The maximum atomic E-state index is 15.0. The largest absolute Gasteiger partial charge is 0.486 e. The second kappa shape index (κ2) is 11.5. The number of esters is 1. The van der Waals surface area contributed by atoms with Crippen molar-refractivity contribution in [3.8, 4) is 11.5 Å². The molecule has 1 aliphatic heterocycles. The molecule has 5 rings (SSSR count). The summed E-state index contributed by atoms with van der Waals surface area (Å²) in [4.78, 5) is 13.4. The van der Waals surface area contributed by atoms with Crippen LogP contribution in [0.25, 0.3) is 10.8 Å². The van der Waals surface area contributed by atoms with Crippen molar-refractivity contribution >= 4 is 28.1 Å². The third-order valence-corrected chi connectivity index (χ3v) is 6.82. The fraction of sp³-hybridized carbons (Fsp3) is 0.258. The number of halogens is 1. The summed E-state index contributed by atoms with van der Waals surface area (Å²) >= 11 is 0. The number of carbonyl (C=O) groups is 1. The average Bonchev–Trinajstić information content (AvgIpc) is 2.95. The highest BCUT2D eigenvalue weighted by Gasteiger charge is 2.29. The van der Waals surface area contributed by atoms with E-state index in [1.807, 2.05) is 17.0 Å². The van der Waals surface area contributed by atoms with Crippen LogP contribution in [0.4, 0.5) is 15.8 Å². The Morgan fingerprint density at radius 1 is 1.08 bits per heavy atom. The van der Waals surface area contributed by atoms with Crippen molar-refractivity contribution in [3.05, 3.63) is 96.3 Å². The highest BCUT2D eigenvalue weighted by molar-refractivity contribution is 5.86. The predicted octanol–water partition coefficient (Wildman–Crippen LogP) is 6.17. The molecule has 0 amide bonds. The first-order valence-electron chi connectivity index (χ1n) is 12.8. The van der Waals surface area contributed by atoms with Gasteiger partial charge in [0.05, 0.1) is 13.7 Å². The van der Waals surface area contributed by atoms with Crippen LogP contribution >= 0.6 is 0 Å². The quantitative estimate of drug-likeness (QED) is 0.270. The van der Waals surface area contributed by atoms with Gasteiger partial charge in [0.15, 0.2) is 12.4 Å². The smallest absolute Gasteiger partial charge is 0.343 e. The molecule has 4 aromatic carbocycles. The molecule has 2 unspecified atom stereocenters. The Labute approximate surface area is 221 Å². The number of anilines is 2.